The van der Waals surface area contributed by atoms with E-state index in [2.05, 4.69) is 48.3 Å². The smallest absolute Gasteiger partial charge is 0.235 e. The first-order valence-corrected chi connectivity index (χ1v) is 12.0. The van der Waals surface area contributed by atoms with E-state index in [9.17, 15) is 4.79 Å². The maximum atomic E-state index is 13.1. The van der Waals surface area contributed by atoms with Crippen LogP contribution in [-0.2, 0) is 4.79 Å². The van der Waals surface area contributed by atoms with Gasteiger partial charge in [0.1, 0.15) is 5.75 Å². The molecule has 3 aromatic rings. The second-order valence-corrected chi connectivity index (χ2v) is 9.75. The van der Waals surface area contributed by atoms with Gasteiger partial charge in [0.15, 0.2) is 11.0 Å². The number of aryl methyl sites for hydroxylation is 1. The van der Waals surface area contributed by atoms with Crippen LogP contribution in [0.4, 0.5) is 0 Å². The average molecular weight is 451 g/mol. The summed E-state index contributed by atoms with van der Waals surface area (Å²) < 4.78 is 7.60. The fourth-order valence-corrected chi connectivity index (χ4v) is 4.92. The lowest BCUT2D eigenvalue weighted by molar-refractivity contribution is -0.131. The molecule has 2 aromatic carbocycles. The minimum absolute atomic E-state index is 0.166. The lowest BCUT2D eigenvalue weighted by atomic mass is 9.99. The molecule has 32 heavy (non-hydrogen) atoms. The Hall–Kier alpha value is -2.80. The number of likely N-dealkylation sites (tertiary alicyclic amines) is 1. The van der Waals surface area contributed by atoms with Crippen LogP contribution in [0.3, 0.4) is 0 Å². The van der Waals surface area contributed by atoms with Gasteiger partial charge < -0.3 is 9.64 Å². The van der Waals surface area contributed by atoms with E-state index >= 15 is 0 Å². The number of rotatable bonds is 6. The molecule has 0 bridgehead atoms. The van der Waals surface area contributed by atoms with Gasteiger partial charge in [-0.1, -0.05) is 48.5 Å². The van der Waals surface area contributed by atoms with Gasteiger partial charge in [-0.15, -0.1) is 10.2 Å². The number of carbonyl (C=O) groups excluding carboxylic acids is 1. The Morgan fingerprint density at radius 3 is 2.47 bits per heavy atom. The first-order chi connectivity index (χ1) is 15.5. The molecule has 1 unspecified atom stereocenters. The van der Waals surface area contributed by atoms with E-state index < -0.39 is 0 Å². The molecule has 0 spiro atoms. The Balaban J connectivity index is 1.68. The third-order valence-electron chi connectivity index (χ3n) is 6.00. The molecule has 0 saturated carbocycles. The van der Waals surface area contributed by atoms with Gasteiger partial charge in [0.05, 0.1) is 17.9 Å². The molecule has 0 aliphatic carbocycles. The number of para-hydroxylation sites is 1. The van der Waals surface area contributed by atoms with Gasteiger partial charge in [0, 0.05) is 18.8 Å². The number of amides is 1. The van der Waals surface area contributed by atoms with Crippen molar-refractivity contribution in [2.45, 2.75) is 44.0 Å². The van der Waals surface area contributed by atoms with E-state index in [4.69, 9.17) is 4.74 Å². The Kier molecular flexibility index (Phi) is 6.84. The number of piperidine rings is 1. The number of carbonyl (C=O) groups is 1. The SMILES string of the molecule is COc1ccccc1-c1nnc(SC(C)C(=O)N2CCC(C)CC2)n1-c1ccc(C)cc1. The quantitative estimate of drug-likeness (QED) is 0.495. The van der Waals surface area contributed by atoms with E-state index in [1.165, 1.54) is 17.3 Å². The number of hydrogen-bond acceptors (Lipinski definition) is 5. The van der Waals surface area contributed by atoms with Gasteiger partial charge in [-0.05, 0) is 56.9 Å². The van der Waals surface area contributed by atoms with E-state index in [0.29, 0.717) is 16.9 Å². The summed E-state index contributed by atoms with van der Waals surface area (Å²) in [6.45, 7) is 7.95. The van der Waals surface area contributed by atoms with Crippen LogP contribution < -0.4 is 4.74 Å². The summed E-state index contributed by atoms with van der Waals surface area (Å²) in [6.07, 6.45) is 2.14. The fraction of sp³-hybridized carbons (Fsp3) is 0.400. The fourth-order valence-electron chi connectivity index (χ4n) is 3.97. The third-order valence-corrected chi connectivity index (χ3v) is 7.03. The normalized spacial score (nSPS) is 15.6. The minimum atomic E-state index is -0.248. The topological polar surface area (TPSA) is 60.3 Å². The summed E-state index contributed by atoms with van der Waals surface area (Å²) in [4.78, 5) is 15.1. The van der Waals surface area contributed by atoms with E-state index in [-0.39, 0.29) is 11.2 Å². The molecule has 1 amide bonds. The predicted octanol–water partition coefficient (Wildman–Crippen LogP) is 4.99. The number of aromatic nitrogens is 3. The van der Waals surface area contributed by atoms with Gasteiger partial charge >= 0.3 is 0 Å². The molecule has 1 aromatic heterocycles. The summed E-state index contributed by atoms with van der Waals surface area (Å²) in [5, 5.41) is 9.46. The zero-order valence-electron chi connectivity index (χ0n) is 19.1. The predicted molar refractivity (Wildman–Crippen MR) is 128 cm³/mol. The molecule has 6 nitrogen and oxygen atoms in total. The highest BCUT2D eigenvalue weighted by Gasteiger charge is 2.28. The Morgan fingerprint density at radius 1 is 1.09 bits per heavy atom. The van der Waals surface area contributed by atoms with Crippen LogP contribution in [0.1, 0.15) is 32.3 Å². The minimum Gasteiger partial charge on any atom is -0.496 e. The first kappa shape index (κ1) is 22.4. The van der Waals surface area contributed by atoms with Gasteiger partial charge in [-0.25, -0.2) is 0 Å². The van der Waals surface area contributed by atoms with Crippen LogP contribution >= 0.6 is 11.8 Å². The zero-order chi connectivity index (χ0) is 22.7. The van der Waals surface area contributed by atoms with Crippen molar-refractivity contribution >= 4 is 17.7 Å². The summed E-state index contributed by atoms with van der Waals surface area (Å²) in [5.74, 6) is 2.28. The molecule has 7 heteroatoms. The maximum Gasteiger partial charge on any atom is 0.235 e. The van der Waals surface area contributed by atoms with E-state index in [1.807, 2.05) is 40.7 Å². The van der Waals surface area contributed by atoms with Crippen molar-refractivity contribution in [1.29, 1.82) is 0 Å². The van der Waals surface area contributed by atoms with Crippen molar-refractivity contribution in [3.63, 3.8) is 0 Å². The van der Waals surface area contributed by atoms with Crippen molar-refractivity contribution in [2.24, 2.45) is 5.92 Å². The number of ether oxygens (including phenoxy) is 1. The second-order valence-electron chi connectivity index (χ2n) is 8.45. The Labute approximate surface area is 194 Å². The Bertz CT molecular complexity index is 1070. The molecule has 1 aliphatic rings. The standard InChI is InChI=1S/C25H30N4O2S/c1-17-9-11-20(12-10-17)29-23(21-7-5-6-8-22(21)31-4)26-27-25(29)32-19(3)24(30)28-15-13-18(2)14-16-28/h5-12,18-19H,13-16H2,1-4H3. The molecule has 0 radical (unpaired) electrons. The summed E-state index contributed by atoms with van der Waals surface area (Å²) in [6, 6.07) is 16.0. The van der Waals surface area contributed by atoms with Gasteiger partial charge in [-0.2, -0.15) is 0 Å². The molecular weight excluding hydrogens is 420 g/mol. The highest BCUT2D eigenvalue weighted by molar-refractivity contribution is 8.00. The monoisotopic (exact) mass is 450 g/mol. The summed E-state index contributed by atoms with van der Waals surface area (Å²) in [5.41, 5.74) is 2.99. The number of benzene rings is 2. The summed E-state index contributed by atoms with van der Waals surface area (Å²) in [7, 11) is 1.65. The molecule has 1 aliphatic heterocycles. The third kappa shape index (κ3) is 4.67. The molecular formula is C25H30N4O2S. The molecule has 1 atom stereocenters. The van der Waals surface area contributed by atoms with Crippen LogP contribution in [0.2, 0.25) is 0 Å². The largest absolute Gasteiger partial charge is 0.496 e. The van der Waals surface area contributed by atoms with Crippen molar-refractivity contribution in [1.82, 2.24) is 19.7 Å². The first-order valence-electron chi connectivity index (χ1n) is 11.1. The molecule has 0 N–H and O–H groups in total. The highest BCUT2D eigenvalue weighted by atomic mass is 32.2. The van der Waals surface area contributed by atoms with Crippen molar-refractivity contribution in [3.8, 4) is 22.8 Å². The van der Waals surface area contributed by atoms with E-state index in [0.717, 1.165) is 42.9 Å². The Morgan fingerprint density at radius 2 is 1.78 bits per heavy atom. The van der Waals surface area contributed by atoms with Gasteiger partial charge in [0.25, 0.3) is 0 Å². The average Bonchev–Trinajstić information content (AvgIpc) is 3.22. The maximum absolute atomic E-state index is 13.1. The molecule has 4 rings (SSSR count). The highest BCUT2D eigenvalue weighted by Crippen LogP contribution is 2.35. The number of thioether (sulfide) groups is 1. The number of hydrogen-bond donors (Lipinski definition) is 0. The van der Waals surface area contributed by atoms with Crippen LogP contribution in [-0.4, -0.2) is 51.0 Å². The van der Waals surface area contributed by atoms with E-state index in [1.54, 1.807) is 7.11 Å². The van der Waals surface area contributed by atoms with Gasteiger partial charge in [0.2, 0.25) is 5.91 Å². The molecule has 1 fully saturated rings. The van der Waals surface area contributed by atoms with Crippen molar-refractivity contribution in [2.75, 3.05) is 20.2 Å². The lowest BCUT2D eigenvalue weighted by Gasteiger charge is -2.32. The van der Waals surface area contributed by atoms with Gasteiger partial charge in [-0.3, -0.25) is 9.36 Å². The van der Waals surface area contributed by atoms with Crippen molar-refractivity contribution < 1.29 is 9.53 Å². The van der Waals surface area contributed by atoms with Crippen LogP contribution in [0.5, 0.6) is 5.75 Å². The zero-order valence-corrected chi connectivity index (χ0v) is 19.9. The molecule has 1 saturated heterocycles. The second kappa shape index (κ2) is 9.77. The summed E-state index contributed by atoms with van der Waals surface area (Å²) >= 11 is 1.46. The van der Waals surface area contributed by atoms with Crippen molar-refractivity contribution in [3.05, 3.63) is 54.1 Å². The molecule has 168 valence electrons. The lowest BCUT2D eigenvalue weighted by Crippen LogP contribution is -2.41. The molecule has 2 heterocycles. The number of nitrogens with zero attached hydrogens (tertiary/aromatic N) is 4. The van der Waals surface area contributed by atoms with Crippen LogP contribution in [0, 0.1) is 12.8 Å². The van der Waals surface area contributed by atoms with Crippen LogP contribution in [0.15, 0.2) is 53.7 Å². The van der Waals surface area contributed by atoms with Crippen LogP contribution in [0.25, 0.3) is 17.1 Å². The number of methoxy groups -OCH3 is 1.